The number of ether oxygens (including phenoxy) is 1. The second kappa shape index (κ2) is 3.96. The normalized spacial score (nSPS) is 9.93. The van der Waals surface area contributed by atoms with Gasteiger partial charge in [0.25, 0.3) is 5.56 Å². The maximum atomic E-state index is 11.0. The molecule has 1 N–H and O–H groups in total. The first-order chi connectivity index (χ1) is 7.29. The van der Waals surface area contributed by atoms with Gasteiger partial charge in [0.2, 0.25) is 0 Å². The molecule has 76 valence electrons. The molecule has 0 aliphatic heterocycles. The molecule has 0 atom stereocenters. The number of rotatable bonds is 2. The van der Waals surface area contributed by atoms with Gasteiger partial charge in [0, 0.05) is 11.6 Å². The average molecular weight is 202 g/mol. The molecule has 4 nitrogen and oxygen atoms in total. The minimum atomic E-state index is -0.205. The molecule has 0 aliphatic carbocycles. The molecule has 0 amide bonds. The predicted molar refractivity (Wildman–Crippen MR) is 56.8 cm³/mol. The van der Waals surface area contributed by atoms with Crippen molar-refractivity contribution >= 4 is 0 Å². The van der Waals surface area contributed by atoms with Crippen LogP contribution in [0.1, 0.15) is 0 Å². The molecule has 0 unspecified atom stereocenters. The Hall–Kier alpha value is -2.10. The van der Waals surface area contributed by atoms with Gasteiger partial charge in [0.1, 0.15) is 5.75 Å². The molecule has 2 rings (SSSR count). The molecular formula is C11H10N2O2. The Labute approximate surface area is 86.5 Å². The number of nitrogens with one attached hydrogen (secondary N) is 1. The lowest BCUT2D eigenvalue weighted by molar-refractivity contribution is 0.415. The highest BCUT2D eigenvalue weighted by Crippen LogP contribution is 2.19. The Morgan fingerprint density at radius 3 is 2.53 bits per heavy atom. The molecule has 1 heterocycles. The number of hydrogen-bond acceptors (Lipinski definition) is 3. The Balaban J connectivity index is 2.41. The molecule has 1 aromatic carbocycles. The van der Waals surface area contributed by atoms with E-state index in [1.807, 2.05) is 24.3 Å². The quantitative estimate of drug-likeness (QED) is 0.801. The topological polar surface area (TPSA) is 55.0 Å². The number of aromatic amines is 1. The Morgan fingerprint density at radius 2 is 1.93 bits per heavy atom. The van der Waals surface area contributed by atoms with Crippen LogP contribution in [0.2, 0.25) is 0 Å². The van der Waals surface area contributed by atoms with Crippen LogP contribution in [-0.4, -0.2) is 17.3 Å². The maximum Gasteiger partial charge on any atom is 0.264 e. The zero-order valence-corrected chi connectivity index (χ0v) is 8.23. The van der Waals surface area contributed by atoms with Crippen LogP contribution < -0.4 is 10.3 Å². The number of methoxy groups -OCH3 is 1. The fourth-order valence-electron chi connectivity index (χ4n) is 1.32. The second-order valence-corrected chi connectivity index (χ2v) is 3.06. The smallest absolute Gasteiger partial charge is 0.264 e. The van der Waals surface area contributed by atoms with Crippen molar-refractivity contribution in [3.63, 3.8) is 0 Å². The van der Waals surface area contributed by atoms with Crippen LogP contribution in [0.3, 0.4) is 0 Å². The van der Waals surface area contributed by atoms with Crippen LogP contribution in [0.15, 0.2) is 41.3 Å². The van der Waals surface area contributed by atoms with Crippen LogP contribution in [0.5, 0.6) is 5.75 Å². The summed E-state index contributed by atoms with van der Waals surface area (Å²) in [6, 6.07) is 8.96. The van der Waals surface area contributed by atoms with E-state index in [1.165, 1.54) is 6.07 Å². The van der Waals surface area contributed by atoms with Gasteiger partial charge in [-0.3, -0.25) is 4.79 Å². The third-order valence-corrected chi connectivity index (χ3v) is 2.09. The molecule has 0 radical (unpaired) electrons. The minimum absolute atomic E-state index is 0.205. The number of H-pyrrole nitrogens is 1. The highest BCUT2D eigenvalue weighted by atomic mass is 16.5. The van der Waals surface area contributed by atoms with E-state index in [0.29, 0.717) is 0 Å². The van der Waals surface area contributed by atoms with Gasteiger partial charge in [-0.15, -0.1) is 0 Å². The summed E-state index contributed by atoms with van der Waals surface area (Å²) in [4.78, 5) is 11.0. The van der Waals surface area contributed by atoms with Crippen molar-refractivity contribution in [1.82, 2.24) is 10.2 Å². The first-order valence-electron chi connectivity index (χ1n) is 4.49. The SMILES string of the molecule is COc1ccc(-c2cn[nH]c(=O)c2)cc1. The first-order valence-corrected chi connectivity index (χ1v) is 4.49. The van der Waals surface area contributed by atoms with Crippen LogP contribution in [0.25, 0.3) is 11.1 Å². The number of aromatic nitrogens is 2. The largest absolute Gasteiger partial charge is 0.497 e. The van der Waals surface area contributed by atoms with Crippen LogP contribution >= 0.6 is 0 Å². The van der Waals surface area contributed by atoms with E-state index in [9.17, 15) is 4.79 Å². The lowest BCUT2D eigenvalue weighted by Gasteiger charge is -2.02. The van der Waals surface area contributed by atoms with Gasteiger partial charge in [-0.1, -0.05) is 12.1 Å². The number of nitrogens with zero attached hydrogens (tertiary/aromatic N) is 1. The highest BCUT2D eigenvalue weighted by Gasteiger charge is 1.98. The van der Waals surface area contributed by atoms with Gasteiger partial charge >= 0.3 is 0 Å². The molecule has 0 saturated heterocycles. The van der Waals surface area contributed by atoms with Gasteiger partial charge in [-0.2, -0.15) is 5.10 Å². The number of hydrogen-bond donors (Lipinski definition) is 1. The second-order valence-electron chi connectivity index (χ2n) is 3.06. The standard InChI is InChI=1S/C11H10N2O2/c1-15-10-4-2-8(3-5-10)9-6-11(14)13-12-7-9/h2-7H,1H3,(H,13,14). The number of benzene rings is 1. The van der Waals surface area contributed by atoms with E-state index in [4.69, 9.17) is 4.74 Å². The van der Waals surface area contributed by atoms with Crippen LogP contribution in [-0.2, 0) is 0 Å². The molecular weight excluding hydrogens is 192 g/mol. The summed E-state index contributed by atoms with van der Waals surface area (Å²) in [6.45, 7) is 0. The lowest BCUT2D eigenvalue weighted by atomic mass is 10.1. The van der Waals surface area contributed by atoms with Crippen molar-refractivity contribution in [3.05, 3.63) is 46.9 Å². The van der Waals surface area contributed by atoms with E-state index < -0.39 is 0 Å². The van der Waals surface area contributed by atoms with Crippen molar-refractivity contribution < 1.29 is 4.74 Å². The Morgan fingerprint density at radius 1 is 1.20 bits per heavy atom. The Kier molecular flexibility index (Phi) is 2.49. The summed E-state index contributed by atoms with van der Waals surface area (Å²) < 4.78 is 5.05. The van der Waals surface area contributed by atoms with Crippen molar-refractivity contribution in [1.29, 1.82) is 0 Å². The van der Waals surface area contributed by atoms with Crippen molar-refractivity contribution in [2.24, 2.45) is 0 Å². The molecule has 0 aliphatic rings. The van der Waals surface area contributed by atoms with Crippen molar-refractivity contribution in [2.45, 2.75) is 0 Å². The zero-order valence-electron chi connectivity index (χ0n) is 8.23. The van der Waals surface area contributed by atoms with E-state index in [2.05, 4.69) is 10.2 Å². The highest BCUT2D eigenvalue weighted by molar-refractivity contribution is 5.62. The zero-order chi connectivity index (χ0) is 10.7. The predicted octanol–water partition coefficient (Wildman–Crippen LogP) is 1.45. The van der Waals surface area contributed by atoms with Gasteiger partial charge in [0.15, 0.2) is 0 Å². The molecule has 0 spiro atoms. The summed E-state index contributed by atoms with van der Waals surface area (Å²) in [6.07, 6.45) is 1.61. The van der Waals surface area contributed by atoms with E-state index in [0.717, 1.165) is 16.9 Å². The van der Waals surface area contributed by atoms with E-state index >= 15 is 0 Å². The average Bonchev–Trinajstić information content (AvgIpc) is 2.29. The molecule has 0 saturated carbocycles. The van der Waals surface area contributed by atoms with Gasteiger partial charge < -0.3 is 4.74 Å². The minimum Gasteiger partial charge on any atom is -0.497 e. The van der Waals surface area contributed by atoms with E-state index in [-0.39, 0.29) is 5.56 Å². The fourth-order valence-corrected chi connectivity index (χ4v) is 1.32. The van der Waals surface area contributed by atoms with Crippen LogP contribution in [0.4, 0.5) is 0 Å². The third kappa shape index (κ3) is 2.04. The maximum absolute atomic E-state index is 11.0. The summed E-state index contributed by atoms with van der Waals surface area (Å²) in [5, 5.41) is 6.07. The molecule has 4 heteroatoms. The molecule has 0 bridgehead atoms. The molecule has 15 heavy (non-hydrogen) atoms. The van der Waals surface area contributed by atoms with Gasteiger partial charge in [-0.05, 0) is 17.7 Å². The lowest BCUT2D eigenvalue weighted by Crippen LogP contribution is -2.05. The Bertz CT molecular complexity index is 502. The summed E-state index contributed by atoms with van der Waals surface area (Å²) in [7, 11) is 1.61. The fraction of sp³-hybridized carbons (Fsp3) is 0.0909. The van der Waals surface area contributed by atoms with Crippen molar-refractivity contribution in [2.75, 3.05) is 7.11 Å². The molecule has 1 aromatic heterocycles. The van der Waals surface area contributed by atoms with Crippen LogP contribution in [0, 0.1) is 0 Å². The molecule has 2 aromatic rings. The molecule has 0 fully saturated rings. The third-order valence-electron chi connectivity index (χ3n) is 2.09. The summed E-state index contributed by atoms with van der Waals surface area (Å²) >= 11 is 0. The van der Waals surface area contributed by atoms with Gasteiger partial charge in [0.05, 0.1) is 13.3 Å². The van der Waals surface area contributed by atoms with Crippen molar-refractivity contribution in [3.8, 4) is 16.9 Å². The summed E-state index contributed by atoms with van der Waals surface area (Å²) in [5.41, 5.74) is 1.53. The van der Waals surface area contributed by atoms with E-state index in [1.54, 1.807) is 13.3 Å². The van der Waals surface area contributed by atoms with Gasteiger partial charge in [-0.25, -0.2) is 5.10 Å². The first kappa shape index (κ1) is 9.45. The summed E-state index contributed by atoms with van der Waals surface area (Å²) in [5.74, 6) is 0.788. The monoisotopic (exact) mass is 202 g/mol.